The summed E-state index contributed by atoms with van der Waals surface area (Å²) in [6, 6.07) is 2.36. The van der Waals surface area contributed by atoms with E-state index in [2.05, 4.69) is 15.3 Å². The van der Waals surface area contributed by atoms with Gasteiger partial charge in [0.1, 0.15) is 0 Å². The SMILES string of the molecule is Cc1ccnc(NC2CCOCC2)n1. The molecule has 2 heterocycles. The molecule has 0 bridgehead atoms. The van der Waals surface area contributed by atoms with Gasteiger partial charge in [0.05, 0.1) is 0 Å². The molecule has 0 aromatic carbocycles. The molecule has 0 spiro atoms. The van der Waals surface area contributed by atoms with Gasteiger partial charge in [-0.25, -0.2) is 9.97 Å². The highest BCUT2D eigenvalue weighted by atomic mass is 16.5. The number of aromatic nitrogens is 2. The lowest BCUT2D eigenvalue weighted by Crippen LogP contribution is -2.28. The number of hydrogen-bond donors (Lipinski definition) is 1. The summed E-state index contributed by atoms with van der Waals surface area (Å²) >= 11 is 0. The molecule has 4 nitrogen and oxygen atoms in total. The Morgan fingerprint density at radius 1 is 1.43 bits per heavy atom. The Bertz CT molecular complexity index is 297. The van der Waals surface area contributed by atoms with Crippen molar-refractivity contribution in [1.82, 2.24) is 9.97 Å². The summed E-state index contributed by atoms with van der Waals surface area (Å²) in [5, 5.41) is 3.32. The number of aryl methyl sites for hydroxylation is 1. The molecular weight excluding hydrogens is 178 g/mol. The zero-order chi connectivity index (χ0) is 9.80. The van der Waals surface area contributed by atoms with Crippen LogP contribution in [0.4, 0.5) is 5.95 Å². The molecule has 0 saturated carbocycles. The van der Waals surface area contributed by atoms with Crippen molar-refractivity contribution in [2.75, 3.05) is 18.5 Å². The van der Waals surface area contributed by atoms with Gasteiger partial charge in [0, 0.05) is 31.1 Å². The molecule has 1 aliphatic rings. The predicted molar refractivity (Wildman–Crippen MR) is 54.2 cm³/mol. The minimum atomic E-state index is 0.463. The van der Waals surface area contributed by atoms with Gasteiger partial charge in [-0.05, 0) is 25.8 Å². The van der Waals surface area contributed by atoms with Gasteiger partial charge in [-0.1, -0.05) is 0 Å². The molecule has 0 amide bonds. The van der Waals surface area contributed by atoms with Crippen LogP contribution in [0, 0.1) is 6.92 Å². The van der Waals surface area contributed by atoms with Crippen LogP contribution in [-0.4, -0.2) is 29.2 Å². The maximum atomic E-state index is 5.28. The Morgan fingerprint density at radius 3 is 2.93 bits per heavy atom. The summed E-state index contributed by atoms with van der Waals surface area (Å²) < 4.78 is 5.28. The lowest BCUT2D eigenvalue weighted by molar-refractivity contribution is 0.0903. The maximum absolute atomic E-state index is 5.28. The third-order valence-corrected chi connectivity index (χ3v) is 2.35. The van der Waals surface area contributed by atoms with Crippen LogP contribution >= 0.6 is 0 Å². The van der Waals surface area contributed by atoms with Crippen molar-refractivity contribution in [2.45, 2.75) is 25.8 Å². The molecule has 1 fully saturated rings. The van der Waals surface area contributed by atoms with E-state index >= 15 is 0 Å². The molecule has 0 unspecified atom stereocenters. The Morgan fingerprint density at radius 2 is 2.21 bits per heavy atom. The van der Waals surface area contributed by atoms with Crippen LogP contribution in [-0.2, 0) is 4.74 Å². The summed E-state index contributed by atoms with van der Waals surface area (Å²) in [5.41, 5.74) is 0.995. The van der Waals surface area contributed by atoms with Gasteiger partial charge in [-0.15, -0.1) is 0 Å². The van der Waals surface area contributed by atoms with Crippen LogP contribution in [0.5, 0.6) is 0 Å². The fourth-order valence-corrected chi connectivity index (χ4v) is 1.54. The van der Waals surface area contributed by atoms with Crippen molar-refractivity contribution < 1.29 is 4.74 Å². The number of rotatable bonds is 2. The first-order valence-electron chi connectivity index (χ1n) is 4.98. The lowest BCUT2D eigenvalue weighted by Gasteiger charge is -2.22. The number of nitrogens with one attached hydrogen (secondary N) is 1. The quantitative estimate of drug-likeness (QED) is 0.770. The second-order valence-electron chi connectivity index (χ2n) is 3.55. The fraction of sp³-hybridized carbons (Fsp3) is 0.600. The monoisotopic (exact) mass is 193 g/mol. The molecular formula is C10H15N3O. The third-order valence-electron chi connectivity index (χ3n) is 2.35. The van der Waals surface area contributed by atoms with Crippen LogP contribution in [0.15, 0.2) is 12.3 Å². The minimum absolute atomic E-state index is 0.463. The van der Waals surface area contributed by atoms with Gasteiger partial charge < -0.3 is 10.1 Å². The van der Waals surface area contributed by atoms with E-state index in [1.165, 1.54) is 0 Å². The fourth-order valence-electron chi connectivity index (χ4n) is 1.54. The summed E-state index contributed by atoms with van der Waals surface area (Å²) in [7, 11) is 0. The molecule has 1 aromatic heterocycles. The zero-order valence-corrected chi connectivity index (χ0v) is 8.36. The topological polar surface area (TPSA) is 47.0 Å². The Hall–Kier alpha value is -1.16. The van der Waals surface area contributed by atoms with Crippen LogP contribution in [0.2, 0.25) is 0 Å². The highest BCUT2D eigenvalue weighted by Gasteiger charge is 2.13. The zero-order valence-electron chi connectivity index (χ0n) is 8.36. The third kappa shape index (κ3) is 2.42. The van der Waals surface area contributed by atoms with E-state index in [0.29, 0.717) is 6.04 Å². The van der Waals surface area contributed by atoms with Gasteiger partial charge in [-0.2, -0.15) is 0 Å². The van der Waals surface area contributed by atoms with Gasteiger partial charge in [0.15, 0.2) is 0 Å². The van der Waals surface area contributed by atoms with E-state index in [1.54, 1.807) is 6.20 Å². The van der Waals surface area contributed by atoms with E-state index in [-0.39, 0.29) is 0 Å². The number of ether oxygens (including phenoxy) is 1. The molecule has 0 atom stereocenters. The van der Waals surface area contributed by atoms with Gasteiger partial charge in [0.25, 0.3) is 0 Å². The molecule has 1 aromatic rings. The van der Waals surface area contributed by atoms with Crippen LogP contribution in [0.25, 0.3) is 0 Å². The van der Waals surface area contributed by atoms with Crippen molar-refractivity contribution in [3.8, 4) is 0 Å². The number of anilines is 1. The molecule has 14 heavy (non-hydrogen) atoms. The highest BCUT2D eigenvalue weighted by Crippen LogP contribution is 2.11. The first-order chi connectivity index (χ1) is 6.84. The summed E-state index contributed by atoms with van der Waals surface area (Å²) in [5.74, 6) is 0.733. The minimum Gasteiger partial charge on any atom is -0.381 e. The second kappa shape index (κ2) is 4.37. The highest BCUT2D eigenvalue weighted by molar-refractivity contribution is 5.26. The molecule has 1 aliphatic heterocycles. The van der Waals surface area contributed by atoms with Crippen molar-refractivity contribution in [1.29, 1.82) is 0 Å². The lowest BCUT2D eigenvalue weighted by atomic mass is 10.1. The van der Waals surface area contributed by atoms with Crippen LogP contribution < -0.4 is 5.32 Å². The molecule has 1 N–H and O–H groups in total. The van der Waals surface area contributed by atoms with Gasteiger partial charge in [0.2, 0.25) is 5.95 Å². The Labute approximate surface area is 83.7 Å². The average Bonchev–Trinajstić information content (AvgIpc) is 2.19. The Balaban J connectivity index is 1.95. The van der Waals surface area contributed by atoms with Crippen molar-refractivity contribution in [2.24, 2.45) is 0 Å². The van der Waals surface area contributed by atoms with E-state index < -0.39 is 0 Å². The maximum Gasteiger partial charge on any atom is 0.223 e. The predicted octanol–water partition coefficient (Wildman–Crippen LogP) is 1.38. The summed E-state index contributed by atoms with van der Waals surface area (Å²) in [6.07, 6.45) is 3.86. The molecule has 76 valence electrons. The van der Waals surface area contributed by atoms with Gasteiger partial charge >= 0.3 is 0 Å². The van der Waals surface area contributed by atoms with Gasteiger partial charge in [-0.3, -0.25) is 0 Å². The van der Waals surface area contributed by atoms with Crippen LogP contribution in [0.1, 0.15) is 18.5 Å². The molecule has 1 saturated heterocycles. The standard InChI is InChI=1S/C10H15N3O/c1-8-2-5-11-10(12-8)13-9-3-6-14-7-4-9/h2,5,9H,3-4,6-7H2,1H3,(H,11,12,13). The first kappa shape index (κ1) is 9.40. The number of hydrogen-bond acceptors (Lipinski definition) is 4. The average molecular weight is 193 g/mol. The largest absolute Gasteiger partial charge is 0.381 e. The molecule has 4 heteroatoms. The van der Waals surface area contributed by atoms with E-state index in [1.807, 2.05) is 13.0 Å². The number of nitrogens with zero attached hydrogens (tertiary/aromatic N) is 2. The summed E-state index contributed by atoms with van der Waals surface area (Å²) in [4.78, 5) is 8.47. The van der Waals surface area contributed by atoms with E-state index in [0.717, 1.165) is 37.7 Å². The second-order valence-corrected chi connectivity index (χ2v) is 3.55. The molecule has 2 rings (SSSR count). The normalized spacial score (nSPS) is 18.1. The van der Waals surface area contributed by atoms with Crippen molar-refractivity contribution in [3.63, 3.8) is 0 Å². The molecule has 0 radical (unpaired) electrons. The van der Waals surface area contributed by atoms with E-state index in [9.17, 15) is 0 Å². The first-order valence-corrected chi connectivity index (χ1v) is 4.98. The van der Waals surface area contributed by atoms with Crippen molar-refractivity contribution >= 4 is 5.95 Å². The van der Waals surface area contributed by atoms with E-state index in [4.69, 9.17) is 4.74 Å². The smallest absolute Gasteiger partial charge is 0.223 e. The van der Waals surface area contributed by atoms with Crippen LogP contribution in [0.3, 0.4) is 0 Å². The van der Waals surface area contributed by atoms with Crippen molar-refractivity contribution in [3.05, 3.63) is 18.0 Å². The summed E-state index contributed by atoms with van der Waals surface area (Å²) in [6.45, 7) is 3.64. The molecule has 0 aliphatic carbocycles. The Kier molecular flexibility index (Phi) is 2.93.